The monoisotopic (exact) mass is 408 g/mol. The summed E-state index contributed by atoms with van der Waals surface area (Å²) in [4.78, 5) is 21.6. The molecule has 1 atom stereocenters. The van der Waals surface area contributed by atoms with Gasteiger partial charge in [-0.1, -0.05) is 19.1 Å². The summed E-state index contributed by atoms with van der Waals surface area (Å²) < 4.78 is 15.6. The van der Waals surface area contributed by atoms with Gasteiger partial charge in [0.25, 0.3) is 5.91 Å². The zero-order valence-electron chi connectivity index (χ0n) is 16.0. The molecule has 2 aliphatic rings. The third kappa shape index (κ3) is 4.04. The zero-order valence-corrected chi connectivity index (χ0v) is 16.8. The number of para-hydroxylation sites is 1. The Morgan fingerprint density at radius 2 is 2.00 bits per heavy atom. The highest BCUT2D eigenvalue weighted by Gasteiger charge is 2.33. The van der Waals surface area contributed by atoms with Crippen molar-refractivity contribution in [2.24, 2.45) is 0 Å². The molecule has 0 aliphatic carbocycles. The number of nitrogens with one attached hydrogen (secondary N) is 1. The van der Waals surface area contributed by atoms with E-state index in [1.165, 1.54) is 10.7 Å². The number of rotatable bonds is 4. The molecule has 1 N–H and O–H groups in total. The first-order valence-electron chi connectivity index (χ1n) is 9.62. The van der Waals surface area contributed by atoms with E-state index in [0.29, 0.717) is 37.1 Å². The predicted molar refractivity (Wildman–Crippen MR) is 107 cm³/mol. The van der Waals surface area contributed by atoms with E-state index in [1.54, 1.807) is 18.2 Å². The highest BCUT2D eigenvalue weighted by molar-refractivity contribution is 5.90. The van der Waals surface area contributed by atoms with Crippen LogP contribution < -0.4 is 5.32 Å². The number of nitrogens with zero attached hydrogens (tertiary/aromatic N) is 5. The van der Waals surface area contributed by atoms with Crippen molar-refractivity contribution in [3.63, 3.8) is 0 Å². The summed E-state index contributed by atoms with van der Waals surface area (Å²) in [7, 11) is 0. The standard InChI is InChI=1S/C19H25FN6O.ClH/c1-2-17-22-18(23-26(17)16-6-4-3-5-15(16)20)19(27)25-10-7-14(13-25)24-11-8-21-9-12-24;/h3-6,14,21H,2,7-13H2,1H3;1H. The van der Waals surface area contributed by atoms with Gasteiger partial charge in [-0.15, -0.1) is 17.5 Å². The van der Waals surface area contributed by atoms with E-state index in [2.05, 4.69) is 20.3 Å². The van der Waals surface area contributed by atoms with Crippen LogP contribution in [-0.4, -0.2) is 75.8 Å². The van der Waals surface area contributed by atoms with Crippen molar-refractivity contribution in [3.05, 3.63) is 41.7 Å². The Labute approximate surface area is 170 Å². The average Bonchev–Trinajstić information content (AvgIpc) is 3.36. The largest absolute Gasteiger partial charge is 0.334 e. The molecule has 9 heteroatoms. The van der Waals surface area contributed by atoms with Gasteiger partial charge in [-0.2, -0.15) is 0 Å². The first kappa shape index (κ1) is 20.7. The molecule has 152 valence electrons. The van der Waals surface area contributed by atoms with Crippen molar-refractivity contribution >= 4 is 18.3 Å². The molecule has 0 saturated carbocycles. The molecule has 28 heavy (non-hydrogen) atoms. The van der Waals surface area contributed by atoms with Gasteiger partial charge < -0.3 is 10.2 Å². The van der Waals surface area contributed by atoms with E-state index in [1.807, 2.05) is 11.8 Å². The third-order valence-electron chi connectivity index (χ3n) is 5.38. The second-order valence-corrected chi connectivity index (χ2v) is 7.05. The first-order chi connectivity index (χ1) is 13.2. The van der Waals surface area contributed by atoms with Gasteiger partial charge in [0, 0.05) is 51.7 Å². The summed E-state index contributed by atoms with van der Waals surface area (Å²) in [5, 5.41) is 7.70. The molecule has 0 radical (unpaired) electrons. The lowest BCUT2D eigenvalue weighted by atomic mass is 10.2. The number of piperazine rings is 1. The minimum absolute atomic E-state index is 0. The Morgan fingerprint density at radius 1 is 1.25 bits per heavy atom. The van der Waals surface area contributed by atoms with Gasteiger partial charge in [-0.05, 0) is 18.6 Å². The SMILES string of the molecule is CCc1nc(C(=O)N2CCC(N3CCNCC3)C2)nn1-c1ccccc1F.Cl. The molecule has 1 aromatic heterocycles. The molecular formula is C19H26ClFN6O. The van der Waals surface area contributed by atoms with Gasteiger partial charge >= 0.3 is 0 Å². The number of hydrogen-bond acceptors (Lipinski definition) is 5. The molecule has 1 amide bonds. The number of aromatic nitrogens is 3. The van der Waals surface area contributed by atoms with Crippen molar-refractivity contribution in [1.82, 2.24) is 29.9 Å². The smallest absolute Gasteiger partial charge is 0.293 e. The van der Waals surface area contributed by atoms with E-state index in [-0.39, 0.29) is 30.0 Å². The van der Waals surface area contributed by atoms with Crippen LogP contribution in [0.5, 0.6) is 0 Å². The van der Waals surface area contributed by atoms with Crippen molar-refractivity contribution in [2.45, 2.75) is 25.8 Å². The maximum atomic E-state index is 14.2. The zero-order chi connectivity index (χ0) is 18.8. The van der Waals surface area contributed by atoms with Gasteiger partial charge in [-0.3, -0.25) is 9.69 Å². The van der Waals surface area contributed by atoms with Gasteiger partial charge in [0.1, 0.15) is 17.3 Å². The Hall–Kier alpha value is -2.03. The van der Waals surface area contributed by atoms with Crippen LogP contribution in [0.15, 0.2) is 24.3 Å². The van der Waals surface area contributed by atoms with E-state index in [4.69, 9.17) is 0 Å². The second-order valence-electron chi connectivity index (χ2n) is 7.05. The lowest BCUT2D eigenvalue weighted by molar-refractivity contribution is 0.0761. The minimum atomic E-state index is -0.379. The molecule has 2 aromatic rings. The number of carbonyl (C=O) groups excluding carboxylic acids is 1. The van der Waals surface area contributed by atoms with Crippen molar-refractivity contribution in [1.29, 1.82) is 0 Å². The third-order valence-corrected chi connectivity index (χ3v) is 5.38. The molecule has 4 rings (SSSR count). The Kier molecular flexibility index (Phi) is 6.64. The fourth-order valence-electron chi connectivity index (χ4n) is 3.89. The Morgan fingerprint density at radius 3 is 2.71 bits per heavy atom. The molecule has 1 unspecified atom stereocenters. The molecular weight excluding hydrogens is 383 g/mol. The summed E-state index contributed by atoms with van der Waals surface area (Å²) in [5.74, 6) is 0.186. The number of halogens is 2. The van der Waals surface area contributed by atoms with Crippen LogP contribution >= 0.6 is 12.4 Å². The van der Waals surface area contributed by atoms with E-state index in [9.17, 15) is 9.18 Å². The summed E-state index contributed by atoms with van der Waals surface area (Å²) in [6.07, 6.45) is 1.54. The fraction of sp³-hybridized carbons (Fsp3) is 0.526. The van der Waals surface area contributed by atoms with Crippen LogP contribution in [0.2, 0.25) is 0 Å². The number of amides is 1. The second kappa shape index (κ2) is 8.98. The molecule has 2 aliphatic heterocycles. The van der Waals surface area contributed by atoms with Crippen molar-refractivity contribution in [2.75, 3.05) is 39.3 Å². The lowest BCUT2D eigenvalue weighted by Gasteiger charge is -2.32. The average molecular weight is 409 g/mol. The van der Waals surface area contributed by atoms with E-state index in [0.717, 1.165) is 32.6 Å². The van der Waals surface area contributed by atoms with Gasteiger partial charge in [0.2, 0.25) is 5.82 Å². The van der Waals surface area contributed by atoms with Crippen LogP contribution in [-0.2, 0) is 6.42 Å². The summed E-state index contributed by atoms with van der Waals surface area (Å²) in [6, 6.07) is 6.81. The molecule has 7 nitrogen and oxygen atoms in total. The molecule has 0 spiro atoms. The van der Waals surface area contributed by atoms with Crippen LogP contribution in [0.25, 0.3) is 5.69 Å². The normalized spacial score (nSPS) is 20.2. The predicted octanol–water partition coefficient (Wildman–Crippen LogP) is 1.51. The molecule has 1 aromatic carbocycles. The maximum absolute atomic E-state index is 14.2. The van der Waals surface area contributed by atoms with Crippen LogP contribution in [0.1, 0.15) is 29.8 Å². The topological polar surface area (TPSA) is 66.3 Å². The molecule has 2 saturated heterocycles. The molecule has 2 fully saturated rings. The van der Waals surface area contributed by atoms with Gasteiger partial charge in [-0.25, -0.2) is 14.1 Å². The Bertz CT molecular complexity index is 823. The number of hydrogen-bond donors (Lipinski definition) is 1. The van der Waals surface area contributed by atoms with Crippen molar-refractivity contribution < 1.29 is 9.18 Å². The van der Waals surface area contributed by atoms with Gasteiger partial charge in [0.15, 0.2) is 0 Å². The van der Waals surface area contributed by atoms with Crippen LogP contribution in [0.3, 0.4) is 0 Å². The quantitative estimate of drug-likeness (QED) is 0.830. The summed E-state index contributed by atoms with van der Waals surface area (Å²) in [6.45, 7) is 7.38. The van der Waals surface area contributed by atoms with E-state index >= 15 is 0 Å². The fourth-order valence-corrected chi connectivity index (χ4v) is 3.89. The highest BCUT2D eigenvalue weighted by Crippen LogP contribution is 2.19. The number of carbonyl (C=O) groups is 1. The van der Waals surface area contributed by atoms with Crippen LogP contribution in [0, 0.1) is 5.82 Å². The number of benzene rings is 1. The first-order valence-corrected chi connectivity index (χ1v) is 9.62. The minimum Gasteiger partial charge on any atom is -0.334 e. The van der Waals surface area contributed by atoms with Gasteiger partial charge in [0.05, 0.1) is 0 Å². The maximum Gasteiger partial charge on any atom is 0.293 e. The lowest BCUT2D eigenvalue weighted by Crippen LogP contribution is -2.49. The summed E-state index contributed by atoms with van der Waals surface area (Å²) in [5.41, 5.74) is 0.320. The van der Waals surface area contributed by atoms with E-state index < -0.39 is 0 Å². The van der Waals surface area contributed by atoms with Crippen LogP contribution in [0.4, 0.5) is 4.39 Å². The number of aryl methyl sites for hydroxylation is 1. The number of likely N-dealkylation sites (tertiary alicyclic amines) is 1. The molecule has 0 bridgehead atoms. The summed E-state index contributed by atoms with van der Waals surface area (Å²) >= 11 is 0. The Balaban J connectivity index is 0.00000225. The van der Waals surface area contributed by atoms with Crippen molar-refractivity contribution in [3.8, 4) is 5.69 Å². The highest BCUT2D eigenvalue weighted by atomic mass is 35.5. The molecule has 3 heterocycles.